The van der Waals surface area contributed by atoms with Gasteiger partial charge < -0.3 is 10.6 Å². The van der Waals surface area contributed by atoms with Gasteiger partial charge in [-0.1, -0.05) is 46.4 Å². The predicted octanol–water partition coefficient (Wildman–Crippen LogP) is 8.22. The minimum Gasteiger partial charge on any atom is -0.326 e. The van der Waals surface area contributed by atoms with Crippen molar-refractivity contribution in [2.45, 2.75) is 10.3 Å². The van der Waals surface area contributed by atoms with Crippen LogP contribution in [0.3, 0.4) is 0 Å². The molecule has 3 aromatic carbocycles. The van der Waals surface area contributed by atoms with Gasteiger partial charge in [0.25, 0.3) is 5.91 Å². The Bertz CT molecular complexity index is 1300. The first-order chi connectivity index (χ1) is 16.0. The van der Waals surface area contributed by atoms with Crippen molar-refractivity contribution in [3.05, 3.63) is 91.6 Å². The van der Waals surface area contributed by atoms with Crippen LogP contribution in [0, 0.1) is 11.7 Å². The van der Waals surface area contributed by atoms with Gasteiger partial charge in [-0.3, -0.25) is 9.59 Å². The molecule has 1 aliphatic carbocycles. The molecule has 1 fully saturated rings. The van der Waals surface area contributed by atoms with Gasteiger partial charge in [-0.2, -0.15) is 0 Å². The Morgan fingerprint density at radius 2 is 1.50 bits per heavy atom. The molecular weight excluding hydrogens is 568 g/mol. The van der Waals surface area contributed by atoms with E-state index < -0.39 is 33.8 Å². The van der Waals surface area contributed by atoms with Gasteiger partial charge in [-0.25, -0.2) is 4.39 Å². The first kappa shape index (κ1) is 25.4. The summed E-state index contributed by atoms with van der Waals surface area (Å²) >= 11 is 36.8. The molecule has 0 heterocycles. The van der Waals surface area contributed by atoms with Crippen LogP contribution in [0.1, 0.15) is 21.8 Å². The van der Waals surface area contributed by atoms with E-state index in [1.165, 1.54) is 30.3 Å². The van der Waals surface area contributed by atoms with Crippen molar-refractivity contribution >= 4 is 92.8 Å². The first-order valence-corrected chi connectivity index (χ1v) is 11.9. The van der Waals surface area contributed by atoms with Crippen LogP contribution in [-0.2, 0) is 4.79 Å². The van der Waals surface area contributed by atoms with Crippen LogP contribution < -0.4 is 10.6 Å². The third-order valence-electron chi connectivity index (χ3n) is 5.24. The fourth-order valence-electron chi connectivity index (χ4n) is 3.60. The largest absolute Gasteiger partial charge is 0.326 e. The van der Waals surface area contributed by atoms with Crippen molar-refractivity contribution in [3.8, 4) is 0 Å². The SMILES string of the molecule is O=C(Nc1ccc(Cl)cc1F)c1cc(NC(=O)[C@H]2[C@H](c3cc(Cl)cc(Cl)c3)C2(Cl)Cl)ccc1Cl. The number of carbonyl (C=O) groups excluding carboxylic acids is 2. The van der Waals surface area contributed by atoms with Crippen molar-refractivity contribution in [2.24, 2.45) is 5.92 Å². The molecular formula is C23H13Cl6FN2O2. The summed E-state index contributed by atoms with van der Waals surface area (Å²) in [6.07, 6.45) is 0. The van der Waals surface area contributed by atoms with Crippen LogP contribution in [0.4, 0.5) is 15.8 Å². The van der Waals surface area contributed by atoms with E-state index in [1.54, 1.807) is 18.2 Å². The molecule has 0 saturated heterocycles. The third-order valence-corrected chi connectivity index (χ3v) is 7.18. The van der Waals surface area contributed by atoms with Crippen molar-refractivity contribution in [1.82, 2.24) is 0 Å². The van der Waals surface area contributed by atoms with E-state index in [0.29, 0.717) is 15.6 Å². The number of nitrogens with one attached hydrogen (secondary N) is 2. The van der Waals surface area contributed by atoms with Crippen molar-refractivity contribution in [1.29, 1.82) is 0 Å². The molecule has 176 valence electrons. The van der Waals surface area contributed by atoms with Crippen molar-refractivity contribution in [3.63, 3.8) is 0 Å². The highest BCUT2D eigenvalue weighted by atomic mass is 35.5. The number of rotatable bonds is 5. The van der Waals surface area contributed by atoms with E-state index in [-0.39, 0.29) is 27.0 Å². The van der Waals surface area contributed by atoms with E-state index in [9.17, 15) is 14.0 Å². The number of hydrogen-bond donors (Lipinski definition) is 2. The number of halogens is 7. The number of benzene rings is 3. The molecule has 2 amide bonds. The predicted molar refractivity (Wildman–Crippen MR) is 137 cm³/mol. The Hall–Kier alpha value is -1.73. The highest BCUT2D eigenvalue weighted by Crippen LogP contribution is 2.65. The van der Waals surface area contributed by atoms with Gasteiger partial charge in [-0.05, 0) is 60.2 Å². The Labute approximate surface area is 224 Å². The third kappa shape index (κ3) is 5.25. The number of amides is 2. The lowest BCUT2D eigenvalue weighted by Gasteiger charge is -2.11. The standard InChI is InChI=1S/C23H13Cl6FN2O2/c24-11-1-4-18(17(30)8-11)32-21(33)15-9-14(2-3-16(15)27)31-22(34)20-19(23(20,28)29)10-5-12(25)7-13(26)6-10/h1-9,19-20H,(H,31,34)(H,32,33)/t19-,20+/m0/s1. The molecule has 0 aromatic heterocycles. The lowest BCUT2D eigenvalue weighted by molar-refractivity contribution is -0.117. The highest BCUT2D eigenvalue weighted by Gasteiger charge is 2.67. The van der Waals surface area contributed by atoms with Gasteiger partial charge in [0, 0.05) is 26.7 Å². The van der Waals surface area contributed by atoms with Gasteiger partial charge in [0.15, 0.2) is 0 Å². The molecule has 1 saturated carbocycles. The van der Waals surface area contributed by atoms with Crippen LogP contribution >= 0.6 is 69.6 Å². The highest BCUT2D eigenvalue weighted by molar-refractivity contribution is 6.53. The molecule has 4 nitrogen and oxygen atoms in total. The molecule has 1 aliphatic rings. The van der Waals surface area contributed by atoms with Gasteiger partial charge >= 0.3 is 0 Å². The average Bonchev–Trinajstić information content (AvgIpc) is 3.33. The van der Waals surface area contributed by atoms with E-state index in [4.69, 9.17) is 69.6 Å². The van der Waals surface area contributed by atoms with Crippen molar-refractivity contribution < 1.29 is 14.0 Å². The Morgan fingerprint density at radius 1 is 0.824 bits per heavy atom. The normalized spacial score (nSPS) is 18.3. The summed E-state index contributed by atoms with van der Waals surface area (Å²) in [6, 6.07) is 13.0. The van der Waals surface area contributed by atoms with Crippen LogP contribution in [0.2, 0.25) is 20.1 Å². The maximum Gasteiger partial charge on any atom is 0.257 e. The molecule has 0 radical (unpaired) electrons. The summed E-state index contributed by atoms with van der Waals surface area (Å²) in [5.74, 6) is -3.17. The topological polar surface area (TPSA) is 58.2 Å². The second-order valence-electron chi connectivity index (χ2n) is 7.59. The van der Waals surface area contributed by atoms with E-state index in [0.717, 1.165) is 6.07 Å². The molecule has 0 bridgehead atoms. The number of carbonyl (C=O) groups is 2. The number of hydrogen-bond acceptors (Lipinski definition) is 2. The molecule has 11 heteroatoms. The molecule has 2 N–H and O–H groups in total. The monoisotopic (exact) mass is 578 g/mol. The van der Waals surface area contributed by atoms with Crippen molar-refractivity contribution in [2.75, 3.05) is 10.6 Å². The number of alkyl halides is 2. The van der Waals surface area contributed by atoms with Gasteiger partial charge in [0.05, 0.1) is 22.2 Å². The zero-order valence-corrected chi connectivity index (χ0v) is 21.3. The van der Waals surface area contributed by atoms with Gasteiger partial charge in [-0.15, -0.1) is 23.2 Å². The second kappa shape index (κ2) is 9.73. The summed E-state index contributed by atoms with van der Waals surface area (Å²) < 4.78 is 12.7. The van der Waals surface area contributed by atoms with E-state index >= 15 is 0 Å². The quantitative estimate of drug-likeness (QED) is 0.299. The second-order valence-corrected chi connectivity index (χ2v) is 10.8. The summed E-state index contributed by atoms with van der Waals surface area (Å²) in [5.41, 5.74) is 0.847. The molecule has 0 spiro atoms. The lowest BCUT2D eigenvalue weighted by atomic mass is 10.1. The molecule has 4 rings (SSSR count). The van der Waals surface area contributed by atoms with Gasteiger partial charge in [0.2, 0.25) is 5.91 Å². The average molecular weight is 581 g/mol. The summed E-state index contributed by atoms with van der Waals surface area (Å²) in [6.45, 7) is 0. The fourth-order valence-corrected chi connectivity index (χ4v) is 5.33. The zero-order chi connectivity index (χ0) is 24.8. The Balaban J connectivity index is 1.52. The van der Waals surface area contributed by atoms with Crippen LogP contribution in [-0.4, -0.2) is 16.1 Å². The Kier molecular flexibility index (Phi) is 7.26. The summed E-state index contributed by atoms with van der Waals surface area (Å²) in [5, 5.41) is 6.19. The van der Waals surface area contributed by atoms with Crippen LogP contribution in [0.25, 0.3) is 0 Å². The maximum absolute atomic E-state index is 14.0. The molecule has 3 aromatic rings. The maximum atomic E-state index is 14.0. The van der Waals surface area contributed by atoms with Gasteiger partial charge in [0.1, 0.15) is 10.2 Å². The zero-order valence-electron chi connectivity index (χ0n) is 16.8. The lowest BCUT2D eigenvalue weighted by Crippen LogP contribution is -2.18. The smallest absolute Gasteiger partial charge is 0.257 e. The fraction of sp³-hybridized carbons (Fsp3) is 0.130. The minimum absolute atomic E-state index is 0.0193. The van der Waals surface area contributed by atoms with E-state index in [2.05, 4.69) is 10.6 Å². The minimum atomic E-state index is -1.36. The Morgan fingerprint density at radius 3 is 2.15 bits per heavy atom. The summed E-state index contributed by atoms with van der Waals surface area (Å²) in [4.78, 5) is 25.6. The van der Waals surface area contributed by atoms with Crippen LogP contribution in [0.5, 0.6) is 0 Å². The first-order valence-electron chi connectivity index (χ1n) is 9.68. The molecule has 0 aliphatic heterocycles. The summed E-state index contributed by atoms with van der Waals surface area (Å²) in [7, 11) is 0. The van der Waals surface area contributed by atoms with Crippen LogP contribution in [0.15, 0.2) is 54.6 Å². The molecule has 0 unspecified atom stereocenters. The molecule has 34 heavy (non-hydrogen) atoms. The number of anilines is 2. The van der Waals surface area contributed by atoms with E-state index in [1.807, 2.05) is 0 Å². The molecule has 2 atom stereocenters.